The SMILES string of the molecule is O=C(CCNC(=O)C1CCCC1)Nc1cccc(CO)c1. The van der Waals surface area contributed by atoms with Crippen LogP contribution in [0.15, 0.2) is 24.3 Å². The van der Waals surface area contributed by atoms with Crippen molar-refractivity contribution in [2.45, 2.75) is 38.7 Å². The number of nitrogens with one attached hydrogen (secondary N) is 2. The van der Waals surface area contributed by atoms with Gasteiger partial charge in [-0.15, -0.1) is 0 Å². The molecular weight excluding hydrogens is 268 g/mol. The number of aliphatic hydroxyl groups excluding tert-OH is 1. The van der Waals surface area contributed by atoms with Gasteiger partial charge in [-0.2, -0.15) is 0 Å². The van der Waals surface area contributed by atoms with E-state index in [0.29, 0.717) is 12.2 Å². The predicted octanol–water partition coefficient (Wildman–Crippen LogP) is 1.81. The number of aliphatic hydroxyl groups is 1. The van der Waals surface area contributed by atoms with E-state index in [1.807, 2.05) is 0 Å². The third-order valence-corrected chi connectivity index (χ3v) is 3.77. The van der Waals surface area contributed by atoms with E-state index >= 15 is 0 Å². The van der Waals surface area contributed by atoms with Crippen LogP contribution in [-0.4, -0.2) is 23.5 Å². The number of hydrogen-bond acceptors (Lipinski definition) is 3. The molecule has 3 N–H and O–H groups in total. The van der Waals surface area contributed by atoms with E-state index in [9.17, 15) is 9.59 Å². The molecule has 1 fully saturated rings. The van der Waals surface area contributed by atoms with Crippen LogP contribution in [0.5, 0.6) is 0 Å². The zero-order chi connectivity index (χ0) is 15.1. The topological polar surface area (TPSA) is 78.4 Å². The molecule has 1 aliphatic rings. The summed E-state index contributed by atoms with van der Waals surface area (Å²) in [6, 6.07) is 7.07. The van der Waals surface area contributed by atoms with Crippen molar-refractivity contribution < 1.29 is 14.7 Å². The average Bonchev–Trinajstić information content (AvgIpc) is 3.01. The molecule has 0 aliphatic heterocycles. The second-order valence-electron chi connectivity index (χ2n) is 5.43. The third kappa shape index (κ3) is 4.86. The molecule has 21 heavy (non-hydrogen) atoms. The van der Waals surface area contributed by atoms with E-state index in [1.54, 1.807) is 24.3 Å². The van der Waals surface area contributed by atoms with Gasteiger partial charge in [0.2, 0.25) is 11.8 Å². The summed E-state index contributed by atoms with van der Waals surface area (Å²) >= 11 is 0. The van der Waals surface area contributed by atoms with Crippen molar-refractivity contribution in [1.82, 2.24) is 5.32 Å². The summed E-state index contributed by atoms with van der Waals surface area (Å²) in [6.45, 7) is 0.308. The molecule has 5 nitrogen and oxygen atoms in total. The minimum atomic E-state index is -0.142. The molecule has 1 saturated carbocycles. The van der Waals surface area contributed by atoms with E-state index in [0.717, 1.165) is 31.2 Å². The van der Waals surface area contributed by atoms with E-state index in [2.05, 4.69) is 10.6 Å². The zero-order valence-electron chi connectivity index (χ0n) is 12.1. The molecule has 0 saturated heterocycles. The highest BCUT2D eigenvalue weighted by Gasteiger charge is 2.22. The van der Waals surface area contributed by atoms with Crippen LogP contribution in [0, 0.1) is 5.92 Å². The molecule has 114 valence electrons. The second-order valence-corrected chi connectivity index (χ2v) is 5.43. The van der Waals surface area contributed by atoms with Gasteiger partial charge >= 0.3 is 0 Å². The van der Waals surface area contributed by atoms with Crippen LogP contribution in [0.2, 0.25) is 0 Å². The van der Waals surface area contributed by atoms with E-state index in [4.69, 9.17) is 5.11 Å². The van der Waals surface area contributed by atoms with Crippen LogP contribution in [0.4, 0.5) is 5.69 Å². The summed E-state index contributed by atoms with van der Waals surface area (Å²) in [5.74, 6) is 0.0636. The molecule has 0 radical (unpaired) electrons. The highest BCUT2D eigenvalue weighted by atomic mass is 16.3. The molecule has 2 rings (SSSR count). The lowest BCUT2D eigenvalue weighted by Gasteiger charge is -2.10. The average molecular weight is 290 g/mol. The van der Waals surface area contributed by atoms with Gasteiger partial charge in [0.05, 0.1) is 6.61 Å². The first kappa shape index (κ1) is 15.5. The summed E-state index contributed by atoms with van der Waals surface area (Å²) in [7, 11) is 0. The molecule has 0 heterocycles. The van der Waals surface area contributed by atoms with Gasteiger partial charge in [0.15, 0.2) is 0 Å². The Bertz CT molecular complexity index is 496. The molecule has 0 aromatic heterocycles. The largest absolute Gasteiger partial charge is 0.392 e. The van der Waals surface area contributed by atoms with Crippen LogP contribution in [0.3, 0.4) is 0 Å². The van der Waals surface area contributed by atoms with Crippen molar-refractivity contribution in [2.75, 3.05) is 11.9 Å². The number of anilines is 1. The number of carbonyl (C=O) groups is 2. The van der Waals surface area contributed by atoms with Crippen LogP contribution in [0.25, 0.3) is 0 Å². The summed E-state index contributed by atoms with van der Waals surface area (Å²) in [6.07, 6.45) is 4.43. The fourth-order valence-electron chi connectivity index (χ4n) is 2.60. The maximum atomic E-state index is 11.8. The first-order valence-electron chi connectivity index (χ1n) is 7.46. The number of carbonyl (C=O) groups excluding carboxylic acids is 2. The zero-order valence-corrected chi connectivity index (χ0v) is 12.1. The van der Waals surface area contributed by atoms with Gasteiger partial charge < -0.3 is 15.7 Å². The fourth-order valence-corrected chi connectivity index (χ4v) is 2.60. The summed E-state index contributed by atoms with van der Waals surface area (Å²) < 4.78 is 0. The van der Waals surface area contributed by atoms with Crippen LogP contribution >= 0.6 is 0 Å². The first-order chi connectivity index (χ1) is 10.2. The molecule has 1 aromatic carbocycles. The highest BCUT2D eigenvalue weighted by molar-refractivity contribution is 5.91. The lowest BCUT2D eigenvalue weighted by atomic mass is 10.1. The normalized spacial score (nSPS) is 14.9. The van der Waals surface area contributed by atoms with E-state index in [-0.39, 0.29) is 30.8 Å². The first-order valence-corrected chi connectivity index (χ1v) is 7.46. The highest BCUT2D eigenvalue weighted by Crippen LogP contribution is 2.24. The number of rotatable bonds is 6. The molecule has 0 bridgehead atoms. The van der Waals surface area contributed by atoms with Crippen molar-refractivity contribution in [2.24, 2.45) is 5.92 Å². The third-order valence-electron chi connectivity index (χ3n) is 3.77. The number of hydrogen-bond donors (Lipinski definition) is 3. The smallest absolute Gasteiger partial charge is 0.226 e. The van der Waals surface area contributed by atoms with Gasteiger partial charge in [-0.1, -0.05) is 25.0 Å². The number of benzene rings is 1. The van der Waals surface area contributed by atoms with E-state index in [1.165, 1.54) is 0 Å². The predicted molar refractivity (Wildman–Crippen MR) is 80.6 cm³/mol. The Hall–Kier alpha value is -1.88. The van der Waals surface area contributed by atoms with E-state index < -0.39 is 0 Å². The van der Waals surface area contributed by atoms with Gasteiger partial charge in [0, 0.05) is 24.6 Å². The van der Waals surface area contributed by atoms with Crippen LogP contribution < -0.4 is 10.6 Å². The quantitative estimate of drug-likeness (QED) is 0.747. The van der Waals surface area contributed by atoms with Crippen LogP contribution in [0.1, 0.15) is 37.7 Å². The fraction of sp³-hybridized carbons (Fsp3) is 0.500. The Morgan fingerprint density at radius 1 is 1.24 bits per heavy atom. The maximum Gasteiger partial charge on any atom is 0.226 e. The maximum absolute atomic E-state index is 11.8. The molecule has 1 aromatic rings. The molecule has 5 heteroatoms. The Morgan fingerprint density at radius 2 is 2.00 bits per heavy atom. The van der Waals surface area contributed by atoms with Gasteiger partial charge in [0.1, 0.15) is 0 Å². The lowest BCUT2D eigenvalue weighted by Crippen LogP contribution is -2.32. The van der Waals surface area contributed by atoms with Crippen molar-refractivity contribution >= 4 is 17.5 Å². The Balaban J connectivity index is 1.70. The molecule has 0 unspecified atom stereocenters. The summed E-state index contributed by atoms with van der Waals surface area (Å²) in [5.41, 5.74) is 1.41. The minimum absolute atomic E-state index is 0.0544. The van der Waals surface area contributed by atoms with Crippen molar-refractivity contribution in [3.05, 3.63) is 29.8 Å². The molecule has 0 spiro atoms. The monoisotopic (exact) mass is 290 g/mol. The summed E-state index contributed by atoms with van der Waals surface area (Å²) in [5, 5.41) is 14.6. The van der Waals surface area contributed by atoms with Crippen LogP contribution in [-0.2, 0) is 16.2 Å². The van der Waals surface area contributed by atoms with Gasteiger partial charge in [0.25, 0.3) is 0 Å². The Labute approximate surface area is 124 Å². The number of amides is 2. The molecule has 0 atom stereocenters. The standard InChI is InChI=1S/C16H22N2O3/c19-11-12-4-3-7-14(10-12)18-15(20)8-9-17-16(21)13-5-1-2-6-13/h3-4,7,10,13,19H,1-2,5-6,8-9,11H2,(H,17,21)(H,18,20). The molecule has 2 amide bonds. The van der Waals surface area contributed by atoms with Crippen molar-refractivity contribution in [1.29, 1.82) is 0 Å². The van der Waals surface area contributed by atoms with Crippen molar-refractivity contribution in [3.8, 4) is 0 Å². The summed E-state index contributed by atoms with van der Waals surface area (Å²) in [4.78, 5) is 23.6. The lowest BCUT2D eigenvalue weighted by molar-refractivity contribution is -0.124. The Morgan fingerprint density at radius 3 is 2.71 bits per heavy atom. The molecular formula is C16H22N2O3. The van der Waals surface area contributed by atoms with Gasteiger partial charge in [-0.3, -0.25) is 9.59 Å². The molecule has 1 aliphatic carbocycles. The minimum Gasteiger partial charge on any atom is -0.392 e. The van der Waals surface area contributed by atoms with Gasteiger partial charge in [-0.25, -0.2) is 0 Å². The van der Waals surface area contributed by atoms with Crippen molar-refractivity contribution in [3.63, 3.8) is 0 Å². The Kier molecular flexibility index (Phi) is 5.75. The second kappa shape index (κ2) is 7.78. The van der Waals surface area contributed by atoms with Gasteiger partial charge in [-0.05, 0) is 30.5 Å².